The number of imidazole rings is 1. The molecule has 8 nitrogen and oxygen atoms in total. The lowest BCUT2D eigenvalue weighted by Crippen LogP contribution is -2.29. The van der Waals surface area contributed by atoms with Gasteiger partial charge in [-0.3, -0.25) is 14.5 Å². The van der Waals surface area contributed by atoms with Crippen LogP contribution in [0.15, 0.2) is 58.4 Å². The van der Waals surface area contributed by atoms with Crippen molar-refractivity contribution in [3.63, 3.8) is 0 Å². The first-order valence-corrected chi connectivity index (χ1v) is 11.1. The molecule has 0 spiro atoms. The quantitative estimate of drug-likeness (QED) is 0.604. The fraction of sp³-hybridized carbons (Fsp3) is 0.250. The van der Waals surface area contributed by atoms with Crippen molar-refractivity contribution in [1.82, 2.24) is 14.3 Å². The second kappa shape index (κ2) is 8.26. The fourth-order valence-corrected chi connectivity index (χ4v) is 4.51. The van der Waals surface area contributed by atoms with Gasteiger partial charge in [-0.2, -0.15) is 13.2 Å². The van der Waals surface area contributed by atoms with Crippen LogP contribution < -0.4 is 10.0 Å². The standard InChI is InChI=1S/C20H18F3N5O3S/c21-20(22,23)19-26-15-7-1-2-8-16(15)28(19)12-18(29)25-13-5-3-6-14(11-13)32(30,31)27-17-9-4-10-24-17/h1-3,5-8,11H,4,9-10,12H2,(H,24,27)(H,25,29). The van der Waals surface area contributed by atoms with Gasteiger partial charge in [-0.05, 0) is 36.8 Å². The van der Waals surface area contributed by atoms with E-state index in [1.165, 1.54) is 36.4 Å². The Morgan fingerprint density at radius 1 is 1.12 bits per heavy atom. The van der Waals surface area contributed by atoms with Crippen molar-refractivity contribution in [3.8, 4) is 0 Å². The van der Waals surface area contributed by atoms with Crippen molar-refractivity contribution in [2.24, 2.45) is 4.99 Å². The SMILES string of the molecule is O=C(Cn1c(C(F)(F)F)nc2ccccc21)Nc1cccc(S(=O)(=O)NC2=NCCC2)c1. The number of carbonyl (C=O) groups excluding carboxylic acids is 1. The number of carbonyl (C=O) groups is 1. The van der Waals surface area contributed by atoms with Crippen LogP contribution in [0, 0.1) is 0 Å². The van der Waals surface area contributed by atoms with Crippen LogP contribution >= 0.6 is 0 Å². The van der Waals surface area contributed by atoms with Crippen LogP contribution in [0.3, 0.4) is 0 Å². The molecule has 0 unspecified atom stereocenters. The molecule has 0 radical (unpaired) electrons. The zero-order valence-corrected chi connectivity index (χ0v) is 17.4. The average molecular weight is 465 g/mol. The number of amides is 1. The van der Waals surface area contributed by atoms with Gasteiger partial charge in [0.25, 0.3) is 10.0 Å². The summed E-state index contributed by atoms with van der Waals surface area (Å²) in [5.74, 6) is -1.58. The molecule has 1 aliphatic rings. The number of benzene rings is 2. The van der Waals surface area contributed by atoms with Gasteiger partial charge in [-0.1, -0.05) is 18.2 Å². The highest BCUT2D eigenvalue weighted by molar-refractivity contribution is 7.90. The molecule has 0 fully saturated rings. The molecule has 3 aromatic rings. The Bertz CT molecular complexity index is 1320. The first kappa shape index (κ1) is 21.8. The molecule has 1 amide bonds. The minimum Gasteiger partial charge on any atom is -0.324 e. The summed E-state index contributed by atoms with van der Waals surface area (Å²) in [5, 5.41) is 2.45. The summed E-state index contributed by atoms with van der Waals surface area (Å²) in [4.78, 5) is 20.1. The molecule has 1 aliphatic heterocycles. The number of aromatic nitrogens is 2. The summed E-state index contributed by atoms with van der Waals surface area (Å²) >= 11 is 0. The van der Waals surface area contributed by atoms with Gasteiger partial charge in [0, 0.05) is 18.7 Å². The van der Waals surface area contributed by atoms with Crippen LogP contribution in [0.1, 0.15) is 18.7 Å². The number of para-hydroxylation sites is 2. The molecule has 0 bridgehead atoms. The van der Waals surface area contributed by atoms with Gasteiger partial charge in [0.1, 0.15) is 12.4 Å². The molecular weight excluding hydrogens is 447 g/mol. The van der Waals surface area contributed by atoms with E-state index in [0.717, 1.165) is 11.0 Å². The smallest absolute Gasteiger partial charge is 0.324 e. The summed E-state index contributed by atoms with van der Waals surface area (Å²) in [6.07, 6.45) is -3.46. The van der Waals surface area contributed by atoms with Crippen molar-refractivity contribution in [2.75, 3.05) is 11.9 Å². The normalized spacial score (nSPS) is 14.4. The van der Waals surface area contributed by atoms with Gasteiger partial charge in [0.2, 0.25) is 11.7 Å². The lowest BCUT2D eigenvalue weighted by Gasteiger charge is -2.13. The Morgan fingerprint density at radius 3 is 2.62 bits per heavy atom. The van der Waals surface area contributed by atoms with Gasteiger partial charge < -0.3 is 9.88 Å². The Hall–Kier alpha value is -3.41. The maximum absolute atomic E-state index is 13.4. The number of hydrogen-bond acceptors (Lipinski definition) is 5. The van der Waals surface area contributed by atoms with Crippen LogP contribution in [-0.4, -0.2) is 36.3 Å². The molecule has 0 atom stereocenters. The predicted octanol–water partition coefficient (Wildman–Crippen LogP) is 3.16. The molecule has 2 N–H and O–H groups in total. The molecule has 2 aromatic carbocycles. The van der Waals surface area contributed by atoms with Crippen LogP contribution in [-0.2, 0) is 27.5 Å². The van der Waals surface area contributed by atoms with Gasteiger partial charge >= 0.3 is 6.18 Å². The number of amidine groups is 1. The summed E-state index contributed by atoms with van der Waals surface area (Å²) in [6, 6.07) is 11.4. The van der Waals surface area contributed by atoms with Crippen molar-refractivity contribution in [2.45, 2.75) is 30.5 Å². The highest BCUT2D eigenvalue weighted by Gasteiger charge is 2.38. The number of alkyl halides is 3. The minimum atomic E-state index is -4.75. The predicted molar refractivity (Wildman–Crippen MR) is 112 cm³/mol. The number of halogens is 3. The second-order valence-corrected chi connectivity index (χ2v) is 8.80. The lowest BCUT2D eigenvalue weighted by molar-refractivity contribution is -0.147. The summed E-state index contributed by atoms with van der Waals surface area (Å²) in [5.41, 5.74) is 0.402. The Balaban J connectivity index is 1.55. The van der Waals surface area contributed by atoms with E-state index in [9.17, 15) is 26.4 Å². The third-order valence-corrected chi connectivity index (χ3v) is 6.14. The Labute approximate surface area is 181 Å². The third-order valence-electron chi connectivity index (χ3n) is 4.76. The summed E-state index contributed by atoms with van der Waals surface area (Å²) in [6.45, 7) is -0.0990. The first-order valence-electron chi connectivity index (χ1n) is 9.62. The van der Waals surface area contributed by atoms with Crippen molar-refractivity contribution in [1.29, 1.82) is 0 Å². The molecule has 0 saturated carbocycles. The zero-order chi connectivity index (χ0) is 22.9. The molecule has 32 heavy (non-hydrogen) atoms. The van der Waals surface area contributed by atoms with Gasteiger partial charge in [-0.25, -0.2) is 13.4 Å². The summed E-state index contributed by atoms with van der Waals surface area (Å²) in [7, 11) is -3.90. The topological polar surface area (TPSA) is 105 Å². The van der Waals surface area contributed by atoms with Crippen LogP contribution in [0.5, 0.6) is 0 Å². The number of nitrogens with zero attached hydrogens (tertiary/aromatic N) is 3. The van der Waals surface area contributed by atoms with E-state index in [2.05, 4.69) is 20.0 Å². The van der Waals surface area contributed by atoms with E-state index in [1.807, 2.05) is 0 Å². The fourth-order valence-electron chi connectivity index (χ4n) is 3.37. The number of nitrogens with one attached hydrogen (secondary N) is 2. The monoisotopic (exact) mass is 465 g/mol. The number of aliphatic imine (C=N–C) groups is 1. The first-order chi connectivity index (χ1) is 15.1. The third kappa shape index (κ3) is 4.59. The van der Waals surface area contributed by atoms with Crippen molar-refractivity contribution >= 4 is 38.5 Å². The molecular formula is C20H18F3N5O3S. The number of rotatable bonds is 5. The molecule has 12 heteroatoms. The van der Waals surface area contributed by atoms with Gasteiger partial charge in [0.05, 0.1) is 15.9 Å². The van der Waals surface area contributed by atoms with Crippen molar-refractivity contribution < 1.29 is 26.4 Å². The highest BCUT2D eigenvalue weighted by Crippen LogP contribution is 2.31. The number of sulfonamides is 1. The van der Waals surface area contributed by atoms with E-state index < -0.39 is 34.5 Å². The highest BCUT2D eigenvalue weighted by atomic mass is 32.2. The van der Waals surface area contributed by atoms with E-state index in [4.69, 9.17) is 0 Å². The average Bonchev–Trinajstić information content (AvgIpc) is 3.36. The Morgan fingerprint density at radius 2 is 1.91 bits per heavy atom. The van der Waals surface area contributed by atoms with E-state index in [-0.39, 0.29) is 21.6 Å². The molecule has 0 saturated heterocycles. The lowest BCUT2D eigenvalue weighted by atomic mass is 10.3. The zero-order valence-electron chi connectivity index (χ0n) is 16.6. The van der Waals surface area contributed by atoms with E-state index >= 15 is 0 Å². The molecule has 2 heterocycles. The number of fused-ring (bicyclic) bond motifs is 1. The van der Waals surface area contributed by atoms with E-state index in [0.29, 0.717) is 18.8 Å². The summed E-state index contributed by atoms with van der Waals surface area (Å²) < 4.78 is 68.5. The maximum Gasteiger partial charge on any atom is 0.449 e. The van der Waals surface area contributed by atoms with Gasteiger partial charge in [0.15, 0.2) is 0 Å². The molecule has 0 aliphatic carbocycles. The number of anilines is 1. The second-order valence-electron chi connectivity index (χ2n) is 7.12. The largest absolute Gasteiger partial charge is 0.449 e. The van der Waals surface area contributed by atoms with Crippen LogP contribution in [0.4, 0.5) is 18.9 Å². The molecule has 168 valence electrons. The van der Waals surface area contributed by atoms with Crippen molar-refractivity contribution in [3.05, 3.63) is 54.4 Å². The van der Waals surface area contributed by atoms with E-state index in [1.54, 1.807) is 12.1 Å². The minimum absolute atomic E-state index is 0.103. The Kier molecular flexibility index (Phi) is 5.63. The molecule has 1 aromatic heterocycles. The number of hydrogen-bond donors (Lipinski definition) is 2. The molecule has 4 rings (SSSR count). The van der Waals surface area contributed by atoms with Crippen LogP contribution in [0.25, 0.3) is 11.0 Å². The van der Waals surface area contributed by atoms with Gasteiger partial charge in [-0.15, -0.1) is 0 Å². The maximum atomic E-state index is 13.4. The van der Waals surface area contributed by atoms with Crippen LogP contribution in [0.2, 0.25) is 0 Å².